The van der Waals surface area contributed by atoms with Gasteiger partial charge in [-0.1, -0.05) is 34.1 Å². The Bertz CT molecular complexity index is 751. The van der Waals surface area contributed by atoms with Crippen LogP contribution in [-0.4, -0.2) is 36.2 Å². The molecule has 25 heavy (non-hydrogen) atoms. The van der Waals surface area contributed by atoms with Crippen LogP contribution in [-0.2, 0) is 9.53 Å². The highest BCUT2D eigenvalue weighted by Crippen LogP contribution is 2.18. The zero-order valence-electron chi connectivity index (χ0n) is 13.7. The Kier molecular flexibility index (Phi) is 6.97. The van der Waals surface area contributed by atoms with E-state index in [4.69, 9.17) is 9.84 Å². The summed E-state index contributed by atoms with van der Waals surface area (Å²) in [5.41, 5.74) is 1.45. The Morgan fingerprint density at radius 1 is 1.20 bits per heavy atom. The maximum absolute atomic E-state index is 12.3. The smallest absolute Gasteiger partial charge is 0.341 e. The van der Waals surface area contributed by atoms with E-state index in [1.807, 2.05) is 6.07 Å². The summed E-state index contributed by atoms with van der Waals surface area (Å²) in [7, 11) is 0. The average molecular weight is 407 g/mol. The summed E-state index contributed by atoms with van der Waals surface area (Å²) < 4.78 is 6.09. The molecule has 7 heteroatoms. The SMILES string of the molecule is C[C@H](OC(=O)c1ccccc1NCCO)C(=O)Nc1cccc(Br)c1. The first-order chi connectivity index (χ1) is 12.0. The van der Waals surface area contributed by atoms with Crippen LogP contribution in [0.5, 0.6) is 0 Å². The number of carbonyl (C=O) groups excluding carboxylic acids is 2. The lowest BCUT2D eigenvalue weighted by molar-refractivity contribution is -0.123. The second-order valence-electron chi connectivity index (χ2n) is 5.24. The molecule has 0 heterocycles. The Morgan fingerprint density at radius 3 is 2.68 bits per heavy atom. The van der Waals surface area contributed by atoms with Crippen molar-refractivity contribution in [3.05, 3.63) is 58.6 Å². The summed E-state index contributed by atoms with van der Waals surface area (Å²) >= 11 is 3.33. The van der Waals surface area contributed by atoms with E-state index in [0.717, 1.165) is 4.47 Å². The number of hydrogen-bond donors (Lipinski definition) is 3. The van der Waals surface area contributed by atoms with Gasteiger partial charge in [0.15, 0.2) is 6.10 Å². The van der Waals surface area contributed by atoms with E-state index in [0.29, 0.717) is 23.5 Å². The van der Waals surface area contributed by atoms with Crippen LogP contribution < -0.4 is 10.6 Å². The maximum Gasteiger partial charge on any atom is 0.341 e. The molecule has 0 bridgehead atoms. The third-order valence-corrected chi connectivity index (χ3v) is 3.81. The lowest BCUT2D eigenvalue weighted by Crippen LogP contribution is -2.30. The Balaban J connectivity index is 2.01. The highest BCUT2D eigenvalue weighted by Gasteiger charge is 2.20. The van der Waals surface area contributed by atoms with Crippen molar-refractivity contribution in [3.63, 3.8) is 0 Å². The molecule has 0 aromatic heterocycles. The number of esters is 1. The average Bonchev–Trinajstić information content (AvgIpc) is 2.60. The number of halogens is 1. The number of nitrogens with one attached hydrogen (secondary N) is 2. The molecule has 3 N–H and O–H groups in total. The van der Waals surface area contributed by atoms with Gasteiger partial charge < -0.3 is 20.5 Å². The van der Waals surface area contributed by atoms with Gasteiger partial charge in [0.05, 0.1) is 12.2 Å². The number of aliphatic hydroxyl groups excluding tert-OH is 1. The number of benzene rings is 2. The summed E-state index contributed by atoms with van der Waals surface area (Å²) in [6.07, 6.45) is -0.961. The van der Waals surface area contributed by atoms with Gasteiger partial charge >= 0.3 is 5.97 Å². The Labute approximate surface area is 154 Å². The molecule has 2 aromatic carbocycles. The fraction of sp³-hybridized carbons (Fsp3) is 0.222. The minimum absolute atomic E-state index is 0.0607. The van der Waals surface area contributed by atoms with Crippen LogP contribution in [0.2, 0.25) is 0 Å². The summed E-state index contributed by atoms with van der Waals surface area (Å²) in [6.45, 7) is 1.76. The van der Waals surface area contributed by atoms with Gasteiger partial charge in [-0.3, -0.25) is 4.79 Å². The molecule has 0 aliphatic rings. The fourth-order valence-electron chi connectivity index (χ4n) is 2.09. The number of ether oxygens (including phenoxy) is 1. The number of anilines is 2. The van der Waals surface area contributed by atoms with Gasteiger partial charge in [0, 0.05) is 22.4 Å². The molecular formula is C18H19BrN2O4. The molecular weight excluding hydrogens is 388 g/mol. The van der Waals surface area contributed by atoms with Crippen LogP contribution in [0.3, 0.4) is 0 Å². The second-order valence-corrected chi connectivity index (χ2v) is 6.16. The first-order valence-corrected chi connectivity index (χ1v) is 8.51. The van der Waals surface area contributed by atoms with E-state index in [1.54, 1.807) is 42.5 Å². The van der Waals surface area contributed by atoms with Gasteiger partial charge in [-0.2, -0.15) is 0 Å². The third-order valence-electron chi connectivity index (χ3n) is 3.32. The standard InChI is InChI=1S/C18H19BrN2O4/c1-12(17(23)21-14-6-4-5-13(19)11-14)25-18(24)15-7-2-3-8-16(15)20-9-10-22/h2-8,11-12,20,22H,9-10H2,1H3,(H,21,23)/t12-/m0/s1. The van der Waals surface area contributed by atoms with Crippen LogP contribution in [0.4, 0.5) is 11.4 Å². The molecule has 0 aliphatic carbocycles. The molecule has 2 rings (SSSR count). The molecule has 0 aliphatic heterocycles. The highest BCUT2D eigenvalue weighted by molar-refractivity contribution is 9.10. The molecule has 1 amide bonds. The van der Waals surface area contributed by atoms with Crippen LogP contribution in [0.1, 0.15) is 17.3 Å². The highest BCUT2D eigenvalue weighted by atomic mass is 79.9. The lowest BCUT2D eigenvalue weighted by Gasteiger charge is -2.15. The minimum atomic E-state index is -0.961. The number of rotatable bonds is 7. The molecule has 0 radical (unpaired) electrons. The fourth-order valence-corrected chi connectivity index (χ4v) is 2.49. The van der Waals surface area contributed by atoms with Crippen molar-refractivity contribution in [2.75, 3.05) is 23.8 Å². The lowest BCUT2D eigenvalue weighted by atomic mass is 10.1. The van der Waals surface area contributed by atoms with Gasteiger partial charge in [-0.15, -0.1) is 0 Å². The van der Waals surface area contributed by atoms with E-state index in [9.17, 15) is 9.59 Å². The zero-order valence-corrected chi connectivity index (χ0v) is 15.2. The summed E-state index contributed by atoms with van der Waals surface area (Å²) in [5.74, 6) is -1.04. The van der Waals surface area contributed by atoms with Crippen LogP contribution in [0, 0.1) is 0 Å². The van der Waals surface area contributed by atoms with Crippen LogP contribution >= 0.6 is 15.9 Å². The van der Waals surface area contributed by atoms with Crippen LogP contribution in [0.25, 0.3) is 0 Å². The van der Waals surface area contributed by atoms with Crippen molar-refractivity contribution in [1.29, 1.82) is 0 Å². The maximum atomic E-state index is 12.3. The minimum Gasteiger partial charge on any atom is -0.449 e. The molecule has 0 spiro atoms. The quantitative estimate of drug-likeness (QED) is 0.615. The molecule has 0 unspecified atom stereocenters. The second kappa shape index (κ2) is 9.19. The molecule has 0 saturated heterocycles. The van der Waals surface area contributed by atoms with Gasteiger partial charge in [0.1, 0.15) is 0 Å². The summed E-state index contributed by atoms with van der Waals surface area (Å²) in [6, 6.07) is 13.9. The van der Waals surface area contributed by atoms with Gasteiger partial charge in [-0.05, 0) is 37.3 Å². The van der Waals surface area contributed by atoms with Crippen molar-refractivity contribution in [2.24, 2.45) is 0 Å². The monoisotopic (exact) mass is 406 g/mol. The van der Waals surface area contributed by atoms with E-state index < -0.39 is 18.0 Å². The third kappa shape index (κ3) is 5.58. The number of hydrogen-bond acceptors (Lipinski definition) is 5. The van der Waals surface area contributed by atoms with Crippen molar-refractivity contribution < 1.29 is 19.4 Å². The number of amides is 1. The van der Waals surface area contributed by atoms with E-state index >= 15 is 0 Å². The van der Waals surface area contributed by atoms with Crippen molar-refractivity contribution in [1.82, 2.24) is 0 Å². The largest absolute Gasteiger partial charge is 0.449 e. The van der Waals surface area contributed by atoms with E-state index in [1.165, 1.54) is 6.92 Å². The molecule has 1 atom stereocenters. The molecule has 132 valence electrons. The predicted molar refractivity (Wildman–Crippen MR) is 99.7 cm³/mol. The van der Waals surface area contributed by atoms with Crippen molar-refractivity contribution >= 4 is 39.2 Å². The topological polar surface area (TPSA) is 87.7 Å². The Hall–Kier alpha value is -2.38. The van der Waals surface area contributed by atoms with Gasteiger partial charge in [-0.25, -0.2) is 4.79 Å². The summed E-state index contributed by atoms with van der Waals surface area (Å²) in [5, 5.41) is 14.5. The first kappa shape index (κ1) is 19.0. The van der Waals surface area contributed by atoms with E-state index in [2.05, 4.69) is 26.6 Å². The van der Waals surface area contributed by atoms with Crippen LogP contribution in [0.15, 0.2) is 53.0 Å². The van der Waals surface area contributed by atoms with Crippen molar-refractivity contribution in [2.45, 2.75) is 13.0 Å². The number of para-hydroxylation sites is 1. The van der Waals surface area contributed by atoms with Gasteiger partial charge in [0.2, 0.25) is 0 Å². The number of aliphatic hydroxyl groups is 1. The van der Waals surface area contributed by atoms with E-state index in [-0.39, 0.29) is 6.61 Å². The Morgan fingerprint density at radius 2 is 1.96 bits per heavy atom. The van der Waals surface area contributed by atoms with Crippen molar-refractivity contribution in [3.8, 4) is 0 Å². The predicted octanol–water partition coefficient (Wildman–Crippen LogP) is 3.04. The zero-order chi connectivity index (χ0) is 18.2. The van der Waals surface area contributed by atoms with Gasteiger partial charge in [0.25, 0.3) is 5.91 Å². The molecule has 6 nitrogen and oxygen atoms in total. The normalized spacial score (nSPS) is 11.5. The molecule has 0 saturated carbocycles. The summed E-state index contributed by atoms with van der Waals surface area (Å²) in [4.78, 5) is 24.5. The molecule has 2 aromatic rings. The molecule has 0 fully saturated rings. The number of carbonyl (C=O) groups is 2. The first-order valence-electron chi connectivity index (χ1n) is 7.72.